The molecule has 0 fully saturated rings. The predicted molar refractivity (Wildman–Crippen MR) is 75.8 cm³/mol. The molecule has 96 valence electrons. The van der Waals surface area contributed by atoms with E-state index in [1.807, 2.05) is 23.3 Å². The standard InChI is InChI=1S/C12H15BrN4S/c1-2-10(16)12(11-7-9(13)8-18-11)17(5-3-14)6-4-15/h7-8,10,12H,2,5-6,16H2,1H3. The van der Waals surface area contributed by atoms with E-state index in [1.165, 1.54) is 0 Å². The highest BCUT2D eigenvalue weighted by atomic mass is 79.9. The Hall–Kier alpha value is -0.920. The first-order chi connectivity index (χ1) is 8.63. The van der Waals surface area contributed by atoms with E-state index in [-0.39, 0.29) is 25.2 Å². The quantitative estimate of drug-likeness (QED) is 0.815. The van der Waals surface area contributed by atoms with Gasteiger partial charge in [0.15, 0.2) is 0 Å². The fourth-order valence-electron chi connectivity index (χ4n) is 1.80. The molecule has 0 aliphatic heterocycles. The average Bonchev–Trinajstić information content (AvgIpc) is 2.76. The van der Waals surface area contributed by atoms with Crippen LogP contribution in [0.25, 0.3) is 0 Å². The molecule has 0 saturated carbocycles. The van der Waals surface area contributed by atoms with E-state index >= 15 is 0 Å². The summed E-state index contributed by atoms with van der Waals surface area (Å²) in [5, 5.41) is 19.7. The lowest BCUT2D eigenvalue weighted by molar-refractivity contribution is 0.215. The summed E-state index contributed by atoms with van der Waals surface area (Å²) >= 11 is 5.01. The number of nitriles is 2. The van der Waals surface area contributed by atoms with Gasteiger partial charge in [0.2, 0.25) is 0 Å². The lowest BCUT2D eigenvalue weighted by atomic mass is 10.0. The first kappa shape index (κ1) is 15.1. The van der Waals surface area contributed by atoms with Gasteiger partial charge in [0, 0.05) is 20.8 Å². The van der Waals surface area contributed by atoms with Crippen LogP contribution in [-0.4, -0.2) is 24.0 Å². The molecule has 0 radical (unpaired) electrons. The van der Waals surface area contributed by atoms with Crippen LogP contribution in [0.5, 0.6) is 0 Å². The van der Waals surface area contributed by atoms with Gasteiger partial charge in [-0.05, 0) is 28.4 Å². The summed E-state index contributed by atoms with van der Waals surface area (Å²) in [5.74, 6) is 0. The van der Waals surface area contributed by atoms with Gasteiger partial charge in [0.1, 0.15) is 0 Å². The second kappa shape index (κ2) is 7.50. The van der Waals surface area contributed by atoms with Crippen molar-refractivity contribution in [2.24, 2.45) is 5.73 Å². The number of hydrogen-bond acceptors (Lipinski definition) is 5. The van der Waals surface area contributed by atoms with Crippen LogP contribution in [0.3, 0.4) is 0 Å². The molecule has 2 atom stereocenters. The Balaban J connectivity index is 3.03. The van der Waals surface area contributed by atoms with Crippen LogP contribution >= 0.6 is 27.3 Å². The summed E-state index contributed by atoms with van der Waals surface area (Å²) in [6, 6.07) is 6.04. The number of hydrogen-bond donors (Lipinski definition) is 1. The van der Waals surface area contributed by atoms with Gasteiger partial charge in [-0.15, -0.1) is 11.3 Å². The summed E-state index contributed by atoms with van der Waals surface area (Å²) in [6.07, 6.45) is 0.799. The van der Waals surface area contributed by atoms with Crippen molar-refractivity contribution in [3.8, 4) is 12.1 Å². The fourth-order valence-corrected chi connectivity index (χ4v) is 3.46. The summed E-state index contributed by atoms with van der Waals surface area (Å²) in [5.41, 5.74) is 6.15. The van der Waals surface area contributed by atoms with Gasteiger partial charge in [0.05, 0.1) is 31.3 Å². The van der Waals surface area contributed by atoms with E-state index in [9.17, 15) is 0 Å². The number of thiophene rings is 1. The molecule has 2 unspecified atom stereocenters. The molecule has 1 aromatic rings. The van der Waals surface area contributed by atoms with Crippen molar-refractivity contribution in [1.29, 1.82) is 10.5 Å². The molecule has 1 heterocycles. The van der Waals surface area contributed by atoms with Gasteiger partial charge < -0.3 is 5.73 Å². The third kappa shape index (κ3) is 3.79. The molecule has 0 aromatic carbocycles. The normalized spacial score (nSPS) is 13.9. The first-order valence-electron chi connectivity index (χ1n) is 5.61. The topological polar surface area (TPSA) is 76.8 Å². The zero-order valence-electron chi connectivity index (χ0n) is 10.1. The van der Waals surface area contributed by atoms with Gasteiger partial charge in [0.25, 0.3) is 0 Å². The third-order valence-electron chi connectivity index (χ3n) is 2.70. The highest BCUT2D eigenvalue weighted by molar-refractivity contribution is 9.10. The zero-order valence-corrected chi connectivity index (χ0v) is 12.5. The molecule has 2 N–H and O–H groups in total. The Morgan fingerprint density at radius 1 is 1.44 bits per heavy atom. The van der Waals surface area contributed by atoms with Crippen LogP contribution in [0.4, 0.5) is 0 Å². The van der Waals surface area contributed by atoms with Crippen LogP contribution in [0.1, 0.15) is 24.3 Å². The molecule has 0 spiro atoms. The van der Waals surface area contributed by atoms with Gasteiger partial charge in [-0.25, -0.2) is 0 Å². The fraction of sp³-hybridized carbons (Fsp3) is 0.500. The Morgan fingerprint density at radius 3 is 2.44 bits per heavy atom. The minimum atomic E-state index is -0.0859. The van der Waals surface area contributed by atoms with Crippen molar-refractivity contribution in [2.45, 2.75) is 25.4 Å². The van der Waals surface area contributed by atoms with Crippen molar-refractivity contribution in [1.82, 2.24) is 4.90 Å². The maximum atomic E-state index is 8.87. The van der Waals surface area contributed by atoms with E-state index in [1.54, 1.807) is 11.3 Å². The molecular formula is C12H15BrN4S. The number of nitrogens with two attached hydrogens (primary N) is 1. The SMILES string of the molecule is CCC(N)C(c1cc(Br)cs1)N(CC#N)CC#N. The van der Waals surface area contributed by atoms with Crippen LogP contribution in [0, 0.1) is 22.7 Å². The van der Waals surface area contributed by atoms with Gasteiger partial charge in [-0.3, -0.25) is 4.90 Å². The monoisotopic (exact) mass is 326 g/mol. The van der Waals surface area contributed by atoms with Gasteiger partial charge >= 0.3 is 0 Å². The maximum Gasteiger partial charge on any atom is 0.0880 e. The van der Waals surface area contributed by atoms with Crippen molar-refractivity contribution in [2.75, 3.05) is 13.1 Å². The summed E-state index contributed by atoms with van der Waals surface area (Å²) < 4.78 is 1.00. The first-order valence-corrected chi connectivity index (χ1v) is 7.28. The van der Waals surface area contributed by atoms with Crippen LogP contribution in [0.2, 0.25) is 0 Å². The summed E-state index contributed by atoms with van der Waals surface area (Å²) in [4.78, 5) is 2.91. The Labute approximate surface area is 120 Å². The molecule has 0 saturated heterocycles. The number of halogens is 1. The van der Waals surface area contributed by atoms with Crippen molar-refractivity contribution >= 4 is 27.3 Å². The molecule has 0 aliphatic carbocycles. The largest absolute Gasteiger partial charge is 0.326 e. The van der Waals surface area contributed by atoms with Crippen LogP contribution in [0.15, 0.2) is 15.9 Å². The minimum absolute atomic E-state index is 0.0781. The predicted octanol–water partition coefficient (Wildman–Crippen LogP) is 2.64. The highest BCUT2D eigenvalue weighted by Gasteiger charge is 2.26. The number of rotatable bonds is 6. The molecule has 6 heteroatoms. The highest BCUT2D eigenvalue weighted by Crippen LogP contribution is 2.32. The van der Waals surface area contributed by atoms with Crippen molar-refractivity contribution in [3.05, 3.63) is 20.8 Å². The molecule has 0 bridgehead atoms. The van der Waals surface area contributed by atoms with Crippen molar-refractivity contribution < 1.29 is 0 Å². The molecule has 0 aliphatic rings. The molecule has 1 rings (SSSR count). The van der Waals surface area contributed by atoms with E-state index in [0.29, 0.717) is 0 Å². The summed E-state index contributed by atoms with van der Waals surface area (Å²) in [6.45, 7) is 2.43. The molecule has 18 heavy (non-hydrogen) atoms. The molecule has 0 amide bonds. The lowest BCUT2D eigenvalue weighted by Gasteiger charge is -2.31. The average molecular weight is 327 g/mol. The van der Waals surface area contributed by atoms with Crippen LogP contribution in [-0.2, 0) is 0 Å². The smallest absolute Gasteiger partial charge is 0.0880 e. The zero-order chi connectivity index (χ0) is 13.5. The Morgan fingerprint density at radius 2 is 2.06 bits per heavy atom. The molecule has 4 nitrogen and oxygen atoms in total. The Bertz CT molecular complexity index is 443. The van der Waals surface area contributed by atoms with E-state index in [0.717, 1.165) is 15.8 Å². The minimum Gasteiger partial charge on any atom is -0.326 e. The van der Waals surface area contributed by atoms with Crippen molar-refractivity contribution in [3.63, 3.8) is 0 Å². The van der Waals surface area contributed by atoms with Gasteiger partial charge in [-0.2, -0.15) is 10.5 Å². The van der Waals surface area contributed by atoms with Crippen LogP contribution < -0.4 is 5.73 Å². The second-order valence-corrected chi connectivity index (χ2v) is 5.76. The molecule has 1 aromatic heterocycles. The lowest BCUT2D eigenvalue weighted by Crippen LogP contribution is -2.41. The Kier molecular flexibility index (Phi) is 6.31. The van der Waals surface area contributed by atoms with E-state index < -0.39 is 0 Å². The number of nitrogens with zero attached hydrogens (tertiary/aromatic N) is 3. The van der Waals surface area contributed by atoms with E-state index in [4.69, 9.17) is 16.3 Å². The van der Waals surface area contributed by atoms with E-state index in [2.05, 4.69) is 28.1 Å². The maximum absolute atomic E-state index is 8.87. The van der Waals surface area contributed by atoms with Gasteiger partial charge in [-0.1, -0.05) is 6.92 Å². The summed E-state index contributed by atoms with van der Waals surface area (Å²) in [7, 11) is 0. The molecular weight excluding hydrogens is 312 g/mol. The second-order valence-electron chi connectivity index (χ2n) is 3.91. The third-order valence-corrected chi connectivity index (χ3v) is 4.46.